The lowest BCUT2D eigenvalue weighted by atomic mass is 10.1. The maximum Gasteiger partial charge on any atom is 0.220 e. The van der Waals surface area contributed by atoms with Crippen molar-refractivity contribution in [3.8, 4) is 45.8 Å². The highest BCUT2D eigenvalue weighted by atomic mass is 32.1. The first kappa shape index (κ1) is 29.7. The largest absolute Gasteiger partial charge is 0.279 e. The molecule has 0 atom stereocenters. The Morgan fingerprint density at radius 3 is 1.47 bits per heavy atom. The van der Waals surface area contributed by atoms with Gasteiger partial charge in [-0.05, 0) is 54.6 Å². The minimum atomic E-state index is 0.620. The van der Waals surface area contributed by atoms with Crippen LogP contribution in [-0.2, 0) is 0 Å². The average Bonchev–Trinajstić information content (AvgIpc) is 3.89. The molecule has 0 spiro atoms. The Hall–Kier alpha value is -6.96. The molecule has 4 aromatic heterocycles. The van der Waals surface area contributed by atoms with Gasteiger partial charge in [0.05, 0.1) is 22.1 Å². The van der Waals surface area contributed by atoms with E-state index >= 15 is 0 Å². The van der Waals surface area contributed by atoms with Gasteiger partial charge in [-0.15, -0.1) is 11.3 Å². The van der Waals surface area contributed by atoms with Crippen molar-refractivity contribution < 1.29 is 0 Å². The number of imidazole rings is 1. The second-order valence-corrected chi connectivity index (χ2v) is 14.2. The fourth-order valence-corrected chi connectivity index (χ4v) is 8.64. The third-order valence-corrected chi connectivity index (χ3v) is 11.1. The molecule has 0 fully saturated rings. The van der Waals surface area contributed by atoms with Crippen molar-refractivity contribution in [3.05, 3.63) is 170 Å². The Balaban J connectivity index is 1.13. The first-order valence-electron chi connectivity index (χ1n) is 17.6. The van der Waals surface area contributed by atoms with E-state index < -0.39 is 0 Å². The van der Waals surface area contributed by atoms with Gasteiger partial charge in [-0.2, -0.15) is 0 Å². The van der Waals surface area contributed by atoms with Crippen LogP contribution in [0.5, 0.6) is 0 Å². The van der Waals surface area contributed by atoms with Gasteiger partial charge in [-0.1, -0.05) is 115 Å². The summed E-state index contributed by atoms with van der Waals surface area (Å²) in [6.45, 7) is 0. The zero-order valence-corrected chi connectivity index (χ0v) is 29.1. The predicted molar refractivity (Wildman–Crippen MR) is 218 cm³/mol. The van der Waals surface area contributed by atoms with E-state index in [1.54, 1.807) is 0 Å². The molecular weight excluding hydrogens is 669 g/mol. The molecule has 0 unspecified atom stereocenters. The van der Waals surface area contributed by atoms with Gasteiger partial charge in [0.1, 0.15) is 0 Å². The number of para-hydroxylation sites is 2. The maximum atomic E-state index is 5.44. The molecule has 0 radical (unpaired) electrons. The zero-order valence-electron chi connectivity index (χ0n) is 28.3. The van der Waals surface area contributed by atoms with Crippen LogP contribution in [0.15, 0.2) is 170 Å². The number of benzene rings is 7. The zero-order chi connectivity index (χ0) is 34.9. The van der Waals surface area contributed by atoms with E-state index in [4.69, 9.17) is 19.9 Å². The number of thiophene rings is 1. The van der Waals surface area contributed by atoms with Gasteiger partial charge in [-0.25, -0.2) is 19.9 Å². The molecule has 6 nitrogen and oxygen atoms in total. The molecule has 53 heavy (non-hydrogen) atoms. The Kier molecular flexibility index (Phi) is 6.62. The summed E-state index contributed by atoms with van der Waals surface area (Å²) in [5.41, 5.74) is 8.00. The summed E-state index contributed by atoms with van der Waals surface area (Å²) >= 11 is 1.82. The summed E-state index contributed by atoms with van der Waals surface area (Å²) in [6, 6.07) is 59.0. The molecule has 7 heteroatoms. The monoisotopic (exact) mass is 696 g/mol. The van der Waals surface area contributed by atoms with E-state index in [9.17, 15) is 0 Å². The molecular formula is C46H28N6S. The van der Waals surface area contributed by atoms with Crippen LogP contribution in [0.25, 0.3) is 98.8 Å². The van der Waals surface area contributed by atoms with Gasteiger partial charge in [-0.3, -0.25) is 9.13 Å². The Morgan fingerprint density at radius 2 is 0.868 bits per heavy atom. The highest BCUT2D eigenvalue weighted by Gasteiger charge is 2.21. The Bertz CT molecular complexity index is 3050. The summed E-state index contributed by atoms with van der Waals surface area (Å²) in [6.07, 6.45) is 0. The molecule has 7 aromatic carbocycles. The van der Waals surface area contributed by atoms with E-state index in [1.165, 1.54) is 30.9 Å². The molecule has 0 aliphatic heterocycles. The summed E-state index contributed by atoms with van der Waals surface area (Å²) in [7, 11) is 0. The fourth-order valence-electron chi connectivity index (χ4n) is 7.52. The normalized spacial score (nSPS) is 11.8. The van der Waals surface area contributed by atoms with Gasteiger partial charge in [0.2, 0.25) is 5.95 Å². The van der Waals surface area contributed by atoms with E-state index in [-0.39, 0.29) is 0 Å². The second kappa shape index (κ2) is 11.8. The van der Waals surface area contributed by atoms with Crippen LogP contribution in [-0.4, -0.2) is 29.1 Å². The number of hydrogen-bond donors (Lipinski definition) is 0. The van der Waals surface area contributed by atoms with Crippen LogP contribution in [0.2, 0.25) is 0 Å². The van der Waals surface area contributed by atoms with E-state index in [0.717, 1.165) is 50.4 Å². The van der Waals surface area contributed by atoms with Crippen LogP contribution < -0.4 is 0 Å². The van der Waals surface area contributed by atoms with Crippen molar-refractivity contribution >= 4 is 64.3 Å². The first-order chi connectivity index (χ1) is 26.3. The van der Waals surface area contributed by atoms with Crippen LogP contribution in [0.3, 0.4) is 0 Å². The van der Waals surface area contributed by atoms with E-state index in [0.29, 0.717) is 17.5 Å². The molecule has 4 heterocycles. The minimum Gasteiger partial charge on any atom is -0.279 e. The van der Waals surface area contributed by atoms with Crippen molar-refractivity contribution in [1.82, 2.24) is 29.1 Å². The molecule has 0 bridgehead atoms. The molecule has 248 valence electrons. The summed E-state index contributed by atoms with van der Waals surface area (Å²) in [5.74, 6) is 2.74. The van der Waals surface area contributed by atoms with E-state index in [1.807, 2.05) is 72.0 Å². The van der Waals surface area contributed by atoms with Gasteiger partial charge in [0.25, 0.3) is 0 Å². The topological polar surface area (TPSA) is 61.4 Å². The van der Waals surface area contributed by atoms with Crippen LogP contribution >= 0.6 is 11.3 Å². The SMILES string of the molecule is c1ccc(-c2nc(-c3ccccc3)nc(-c3ccc(-n4c(-n5c6ccccc6c6ccccc65)nc5cc6c(cc54)sc4ccccc46)cc3)n2)cc1. The average molecular weight is 697 g/mol. The van der Waals surface area contributed by atoms with Crippen molar-refractivity contribution in [2.75, 3.05) is 0 Å². The molecule has 0 aliphatic carbocycles. The van der Waals surface area contributed by atoms with Gasteiger partial charge < -0.3 is 0 Å². The standard InChI is InChI=1S/C46H28N6S/c1-3-13-29(14-4-1)43-48-44(30-15-5-2-6-16-30)50-45(49-43)31-23-25-32(26-24-31)51-40-28-42-36(35-19-9-12-22-41(35)53-42)27-37(40)47-46(51)52-38-20-10-7-17-33(38)34-18-8-11-21-39(34)52/h1-28H. The number of aromatic nitrogens is 6. The van der Waals surface area contributed by atoms with Crippen molar-refractivity contribution in [2.24, 2.45) is 0 Å². The molecule has 0 saturated carbocycles. The predicted octanol–water partition coefficient (Wildman–Crippen LogP) is 11.7. The number of rotatable bonds is 5. The first-order valence-corrected chi connectivity index (χ1v) is 18.4. The lowest BCUT2D eigenvalue weighted by molar-refractivity contribution is 0.956. The highest BCUT2D eigenvalue weighted by molar-refractivity contribution is 7.25. The molecule has 11 rings (SSSR count). The van der Waals surface area contributed by atoms with Crippen molar-refractivity contribution in [3.63, 3.8) is 0 Å². The lowest BCUT2D eigenvalue weighted by Gasteiger charge is -2.13. The molecule has 0 N–H and O–H groups in total. The highest BCUT2D eigenvalue weighted by Crippen LogP contribution is 2.39. The van der Waals surface area contributed by atoms with Crippen molar-refractivity contribution in [1.29, 1.82) is 0 Å². The fraction of sp³-hybridized carbons (Fsp3) is 0. The smallest absolute Gasteiger partial charge is 0.220 e. The third-order valence-electron chi connectivity index (χ3n) is 10.00. The van der Waals surface area contributed by atoms with Crippen LogP contribution in [0.1, 0.15) is 0 Å². The molecule has 0 saturated heterocycles. The third kappa shape index (κ3) is 4.79. The second-order valence-electron chi connectivity index (χ2n) is 13.1. The number of nitrogens with zero attached hydrogens (tertiary/aromatic N) is 6. The maximum absolute atomic E-state index is 5.44. The van der Waals surface area contributed by atoms with E-state index in [2.05, 4.69) is 118 Å². The summed E-state index contributed by atoms with van der Waals surface area (Å²) in [4.78, 5) is 20.3. The van der Waals surface area contributed by atoms with Gasteiger partial charge >= 0.3 is 0 Å². The van der Waals surface area contributed by atoms with Gasteiger partial charge in [0.15, 0.2) is 17.5 Å². The Labute approximate surface area is 307 Å². The quantitative estimate of drug-likeness (QED) is 0.180. The lowest BCUT2D eigenvalue weighted by Crippen LogP contribution is -2.05. The number of fused-ring (bicyclic) bond motifs is 7. The molecule has 0 aliphatic rings. The summed E-state index contributed by atoms with van der Waals surface area (Å²) < 4.78 is 7.10. The summed E-state index contributed by atoms with van der Waals surface area (Å²) in [5, 5.41) is 4.88. The van der Waals surface area contributed by atoms with Crippen LogP contribution in [0, 0.1) is 0 Å². The van der Waals surface area contributed by atoms with Gasteiger partial charge in [0, 0.05) is 53.3 Å². The van der Waals surface area contributed by atoms with Crippen LogP contribution in [0.4, 0.5) is 0 Å². The Morgan fingerprint density at radius 1 is 0.358 bits per heavy atom. The molecule has 0 amide bonds. The number of hydrogen-bond acceptors (Lipinski definition) is 5. The minimum absolute atomic E-state index is 0.620. The molecule has 11 aromatic rings. The van der Waals surface area contributed by atoms with Crippen molar-refractivity contribution in [2.45, 2.75) is 0 Å².